The molecule has 6 nitrogen and oxygen atoms in total. The van der Waals surface area contributed by atoms with Gasteiger partial charge in [-0.15, -0.1) is 6.58 Å². The van der Waals surface area contributed by atoms with Gasteiger partial charge in [0.15, 0.2) is 0 Å². The van der Waals surface area contributed by atoms with Crippen LogP contribution in [0.15, 0.2) is 65.0 Å². The Kier molecular flexibility index (Phi) is 5.06. The van der Waals surface area contributed by atoms with Gasteiger partial charge in [0.05, 0.1) is 24.2 Å². The molecule has 3 aliphatic heterocycles. The highest BCUT2D eigenvalue weighted by molar-refractivity contribution is 5.69. The van der Waals surface area contributed by atoms with Crippen molar-refractivity contribution in [1.29, 1.82) is 0 Å². The molecule has 0 bridgehead atoms. The average Bonchev–Trinajstić information content (AvgIpc) is 3.34. The third kappa shape index (κ3) is 3.28. The van der Waals surface area contributed by atoms with Gasteiger partial charge in [-0.25, -0.2) is 10.9 Å². The number of dihydropyridines is 1. The van der Waals surface area contributed by atoms with Gasteiger partial charge in [-0.3, -0.25) is 0 Å². The molecule has 0 aromatic rings. The Labute approximate surface area is 155 Å². The van der Waals surface area contributed by atoms with Crippen molar-refractivity contribution in [3.05, 3.63) is 59.9 Å². The van der Waals surface area contributed by atoms with Gasteiger partial charge in [0.2, 0.25) is 0 Å². The number of hydrogen-bond donors (Lipinski definition) is 5. The van der Waals surface area contributed by atoms with Crippen molar-refractivity contribution in [2.24, 2.45) is 11.0 Å². The van der Waals surface area contributed by atoms with Gasteiger partial charge in [0.25, 0.3) is 0 Å². The number of fused-ring (bicyclic) bond motifs is 1. The number of unbranched alkanes of at least 4 members (excludes halogenated alkanes) is 1. The number of hydrogen-bond acceptors (Lipinski definition) is 6. The van der Waals surface area contributed by atoms with Crippen molar-refractivity contribution in [3.8, 4) is 0 Å². The molecular formula is C20H28N6. The van der Waals surface area contributed by atoms with E-state index in [1.807, 2.05) is 12.3 Å². The number of hydrazone groups is 1. The zero-order chi connectivity index (χ0) is 17.9. The minimum Gasteiger partial charge on any atom is -0.380 e. The van der Waals surface area contributed by atoms with Crippen LogP contribution < -0.4 is 27.1 Å². The first-order valence-corrected chi connectivity index (χ1v) is 9.54. The van der Waals surface area contributed by atoms with Crippen LogP contribution in [0.25, 0.3) is 0 Å². The summed E-state index contributed by atoms with van der Waals surface area (Å²) in [6, 6.07) is 0.863. The van der Waals surface area contributed by atoms with Gasteiger partial charge in [0, 0.05) is 18.3 Å². The summed E-state index contributed by atoms with van der Waals surface area (Å²) >= 11 is 0. The maximum Gasteiger partial charge on any atom is 0.0736 e. The van der Waals surface area contributed by atoms with E-state index in [-0.39, 0.29) is 18.1 Å². The maximum atomic E-state index is 4.19. The normalized spacial score (nSPS) is 35.1. The molecule has 0 amide bonds. The lowest BCUT2D eigenvalue weighted by molar-refractivity contribution is 0.563. The second kappa shape index (κ2) is 7.61. The van der Waals surface area contributed by atoms with E-state index in [1.54, 1.807) is 0 Å². The van der Waals surface area contributed by atoms with Crippen molar-refractivity contribution >= 4 is 6.21 Å². The lowest BCUT2D eigenvalue weighted by Crippen LogP contribution is -2.39. The van der Waals surface area contributed by atoms with Crippen molar-refractivity contribution in [2.75, 3.05) is 0 Å². The predicted molar refractivity (Wildman–Crippen MR) is 106 cm³/mol. The fourth-order valence-corrected chi connectivity index (χ4v) is 3.95. The summed E-state index contributed by atoms with van der Waals surface area (Å²) in [7, 11) is 0. The minimum absolute atomic E-state index is 0.167. The Hall–Kier alpha value is -2.15. The van der Waals surface area contributed by atoms with Crippen LogP contribution >= 0.6 is 0 Å². The first-order chi connectivity index (χ1) is 12.8. The SMILES string of the molecule is C=CC1NNNC1C1=CNC(C2=CC3C=NNC3C=C2)C=C1CCCC. The third-order valence-corrected chi connectivity index (χ3v) is 5.50. The number of nitrogens with zero attached hydrogens (tertiary/aromatic N) is 1. The lowest BCUT2D eigenvalue weighted by Gasteiger charge is -2.30. The van der Waals surface area contributed by atoms with E-state index in [4.69, 9.17) is 0 Å². The van der Waals surface area contributed by atoms with Crippen LogP contribution in [0.4, 0.5) is 0 Å². The molecule has 4 rings (SSSR count). The Morgan fingerprint density at radius 2 is 2.19 bits per heavy atom. The van der Waals surface area contributed by atoms with E-state index >= 15 is 0 Å². The molecule has 6 heteroatoms. The first kappa shape index (κ1) is 17.3. The molecule has 5 atom stereocenters. The topological polar surface area (TPSA) is 72.5 Å². The summed E-state index contributed by atoms with van der Waals surface area (Å²) in [5.74, 6) is 0.352. The summed E-state index contributed by atoms with van der Waals surface area (Å²) in [6.45, 7) is 6.19. The van der Waals surface area contributed by atoms with Crippen molar-refractivity contribution in [2.45, 2.75) is 50.4 Å². The minimum atomic E-state index is 0.167. The smallest absolute Gasteiger partial charge is 0.0736 e. The second-order valence-electron chi connectivity index (χ2n) is 7.23. The van der Waals surface area contributed by atoms with E-state index in [2.05, 4.69) is 76.2 Å². The zero-order valence-corrected chi connectivity index (χ0v) is 15.2. The summed E-state index contributed by atoms with van der Waals surface area (Å²) < 4.78 is 0. The Balaban J connectivity index is 1.56. The van der Waals surface area contributed by atoms with Gasteiger partial charge >= 0.3 is 0 Å². The van der Waals surface area contributed by atoms with Gasteiger partial charge in [0.1, 0.15) is 0 Å². The van der Waals surface area contributed by atoms with Crippen molar-refractivity contribution in [1.82, 2.24) is 27.1 Å². The monoisotopic (exact) mass is 352 g/mol. The van der Waals surface area contributed by atoms with Gasteiger partial charge in [-0.05, 0) is 29.6 Å². The number of nitrogens with one attached hydrogen (secondary N) is 5. The third-order valence-electron chi connectivity index (χ3n) is 5.50. The van der Waals surface area contributed by atoms with Crippen LogP contribution in [0.3, 0.4) is 0 Å². The Morgan fingerprint density at radius 1 is 1.27 bits per heavy atom. The maximum absolute atomic E-state index is 4.19. The van der Waals surface area contributed by atoms with Gasteiger partial charge < -0.3 is 10.7 Å². The number of rotatable bonds is 6. The van der Waals surface area contributed by atoms with Gasteiger partial charge in [-0.1, -0.05) is 43.7 Å². The van der Waals surface area contributed by atoms with Crippen LogP contribution in [0, 0.1) is 5.92 Å². The quantitative estimate of drug-likeness (QED) is 0.469. The highest BCUT2D eigenvalue weighted by atomic mass is 15.7. The molecule has 4 aliphatic rings. The van der Waals surface area contributed by atoms with E-state index < -0.39 is 0 Å². The van der Waals surface area contributed by atoms with E-state index in [0.717, 1.165) is 6.42 Å². The standard InChI is InChI=1S/C20H28N6/c1-3-5-6-13-10-19(14-7-8-18-15(9-14)11-22-23-18)21-12-16(13)20-17(4-2)24-26-25-20/h4,7-12,15,17-21,23-26H,2-3,5-6H2,1H3. The van der Waals surface area contributed by atoms with Crippen LogP contribution in [0.1, 0.15) is 26.2 Å². The molecule has 5 unspecified atom stereocenters. The molecule has 0 saturated carbocycles. The fourth-order valence-electron chi connectivity index (χ4n) is 3.95. The lowest BCUT2D eigenvalue weighted by atomic mass is 9.84. The highest BCUT2D eigenvalue weighted by Gasteiger charge is 2.32. The first-order valence-electron chi connectivity index (χ1n) is 9.54. The molecule has 1 saturated heterocycles. The summed E-state index contributed by atoms with van der Waals surface area (Å²) in [5, 5.41) is 7.79. The molecule has 1 fully saturated rings. The molecular weight excluding hydrogens is 324 g/mol. The molecule has 3 heterocycles. The predicted octanol–water partition coefficient (Wildman–Crippen LogP) is 1.56. The molecule has 0 radical (unpaired) electrons. The fraction of sp³-hybridized carbons (Fsp3) is 0.450. The van der Waals surface area contributed by atoms with Gasteiger partial charge in [-0.2, -0.15) is 10.6 Å². The molecule has 0 aromatic carbocycles. The van der Waals surface area contributed by atoms with E-state index in [1.165, 1.54) is 29.6 Å². The molecule has 138 valence electrons. The molecule has 0 spiro atoms. The number of hydrazine groups is 2. The van der Waals surface area contributed by atoms with Crippen LogP contribution in [-0.4, -0.2) is 30.4 Å². The van der Waals surface area contributed by atoms with E-state index in [0.29, 0.717) is 12.0 Å². The average molecular weight is 352 g/mol. The molecule has 0 aromatic heterocycles. The van der Waals surface area contributed by atoms with Crippen molar-refractivity contribution < 1.29 is 0 Å². The Bertz CT molecular complexity index is 701. The van der Waals surface area contributed by atoms with Crippen molar-refractivity contribution in [3.63, 3.8) is 0 Å². The summed E-state index contributed by atoms with van der Waals surface area (Å²) in [6.07, 6.45) is 18.7. The summed E-state index contributed by atoms with van der Waals surface area (Å²) in [4.78, 5) is 0. The van der Waals surface area contributed by atoms with Crippen LogP contribution in [-0.2, 0) is 0 Å². The summed E-state index contributed by atoms with van der Waals surface area (Å²) in [5.41, 5.74) is 16.7. The second-order valence-corrected chi connectivity index (χ2v) is 7.23. The van der Waals surface area contributed by atoms with E-state index in [9.17, 15) is 0 Å². The molecule has 5 N–H and O–H groups in total. The molecule has 1 aliphatic carbocycles. The zero-order valence-electron chi connectivity index (χ0n) is 15.2. The van der Waals surface area contributed by atoms with Crippen LogP contribution in [0.5, 0.6) is 0 Å². The molecule has 26 heavy (non-hydrogen) atoms. The largest absolute Gasteiger partial charge is 0.380 e. The Morgan fingerprint density at radius 3 is 3.04 bits per heavy atom. The van der Waals surface area contributed by atoms with Crippen LogP contribution in [0.2, 0.25) is 0 Å². The highest BCUT2D eigenvalue weighted by Crippen LogP contribution is 2.30.